The summed E-state index contributed by atoms with van der Waals surface area (Å²) in [4.78, 5) is 77.4. The molecule has 0 heterocycles. The van der Waals surface area contributed by atoms with Crippen molar-refractivity contribution >= 4 is 46.1 Å². The molecule has 1 unspecified atom stereocenters. The number of fused-ring (bicyclic) bond motifs is 1. The highest BCUT2D eigenvalue weighted by Gasteiger charge is 2.31. The number of carbonyl (C=O) groups excluding carboxylic acids is 6. The highest BCUT2D eigenvalue weighted by molar-refractivity contribution is 6.38. The van der Waals surface area contributed by atoms with Gasteiger partial charge in [-0.15, -0.1) is 0 Å². The molecule has 4 aromatic rings. The average molecular weight is 678 g/mol. The SMILES string of the molecule is CC(C)C[C@H](NC(=O)C(c1ccccc1)c1ccccc1)C(=O)NC(C)C(=O)C(=O)NCC(=O)N[C@@H](Cc1ccc2ccccc2c1)C(N)=O. The summed E-state index contributed by atoms with van der Waals surface area (Å²) in [6.07, 6.45) is 0.411. The lowest BCUT2D eigenvalue weighted by atomic mass is 9.90. The van der Waals surface area contributed by atoms with Crippen LogP contribution in [0.2, 0.25) is 0 Å². The Kier molecular flexibility index (Phi) is 13.0. The minimum absolute atomic E-state index is 0.0104. The van der Waals surface area contributed by atoms with E-state index in [-0.39, 0.29) is 24.7 Å². The molecular weight excluding hydrogens is 634 g/mol. The van der Waals surface area contributed by atoms with Crippen molar-refractivity contribution in [2.24, 2.45) is 11.7 Å². The van der Waals surface area contributed by atoms with Crippen molar-refractivity contribution in [3.05, 3.63) is 120 Å². The van der Waals surface area contributed by atoms with Gasteiger partial charge in [0, 0.05) is 6.42 Å². The number of amides is 5. The number of carbonyl (C=O) groups is 6. The van der Waals surface area contributed by atoms with E-state index in [9.17, 15) is 28.8 Å². The second kappa shape index (κ2) is 17.5. The van der Waals surface area contributed by atoms with Crippen molar-refractivity contribution in [3.8, 4) is 0 Å². The van der Waals surface area contributed by atoms with E-state index in [2.05, 4.69) is 21.3 Å². The Morgan fingerprint density at radius 2 is 1.22 bits per heavy atom. The van der Waals surface area contributed by atoms with Crippen molar-refractivity contribution in [3.63, 3.8) is 0 Å². The van der Waals surface area contributed by atoms with Gasteiger partial charge in [0.2, 0.25) is 29.4 Å². The summed E-state index contributed by atoms with van der Waals surface area (Å²) < 4.78 is 0. The van der Waals surface area contributed by atoms with Gasteiger partial charge in [0.05, 0.1) is 18.5 Å². The predicted octanol–water partition coefficient (Wildman–Crippen LogP) is 2.91. The van der Waals surface area contributed by atoms with Crippen LogP contribution in [0.4, 0.5) is 0 Å². The molecular formula is C39H43N5O6. The number of benzene rings is 4. The van der Waals surface area contributed by atoms with E-state index in [1.807, 2.05) is 117 Å². The smallest absolute Gasteiger partial charge is 0.290 e. The Balaban J connectivity index is 1.33. The number of hydrogen-bond acceptors (Lipinski definition) is 6. The van der Waals surface area contributed by atoms with Crippen molar-refractivity contribution in [1.29, 1.82) is 0 Å². The molecule has 4 aromatic carbocycles. The van der Waals surface area contributed by atoms with E-state index in [0.29, 0.717) is 0 Å². The molecule has 260 valence electrons. The van der Waals surface area contributed by atoms with Gasteiger partial charge in [-0.3, -0.25) is 28.8 Å². The Hall–Kier alpha value is -5.84. The zero-order valence-electron chi connectivity index (χ0n) is 28.3. The molecule has 50 heavy (non-hydrogen) atoms. The van der Waals surface area contributed by atoms with Gasteiger partial charge in [0.1, 0.15) is 12.1 Å². The minimum Gasteiger partial charge on any atom is -0.368 e. The second-order valence-corrected chi connectivity index (χ2v) is 12.6. The molecule has 0 bridgehead atoms. The monoisotopic (exact) mass is 677 g/mol. The third-order valence-electron chi connectivity index (χ3n) is 8.19. The maximum Gasteiger partial charge on any atom is 0.290 e. The summed E-state index contributed by atoms with van der Waals surface area (Å²) >= 11 is 0. The van der Waals surface area contributed by atoms with Gasteiger partial charge < -0.3 is 27.0 Å². The molecule has 11 heteroatoms. The van der Waals surface area contributed by atoms with Gasteiger partial charge >= 0.3 is 0 Å². The second-order valence-electron chi connectivity index (χ2n) is 12.6. The summed E-state index contributed by atoms with van der Waals surface area (Å²) in [5.41, 5.74) is 7.81. The summed E-state index contributed by atoms with van der Waals surface area (Å²) in [6, 6.07) is 28.4. The van der Waals surface area contributed by atoms with E-state index in [1.165, 1.54) is 6.92 Å². The maximum absolute atomic E-state index is 13.7. The Morgan fingerprint density at radius 1 is 0.640 bits per heavy atom. The lowest BCUT2D eigenvalue weighted by Crippen LogP contribution is -2.54. The summed E-state index contributed by atoms with van der Waals surface area (Å²) in [5, 5.41) is 12.1. The van der Waals surface area contributed by atoms with Crippen LogP contribution in [0.1, 0.15) is 49.8 Å². The van der Waals surface area contributed by atoms with E-state index in [0.717, 1.165) is 27.5 Å². The number of rotatable bonds is 16. The van der Waals surface area contributed by atoms with E-state index in [1.54, 1.807) is 0 Å². The van der Waals surface area contributed by atoms with Crippen LogP contribution >= 0.6 is 0 Å². The van der Waals surface area contributed by atoms with Crippen molar-refractivity contribution in [2.75, 3.05) is 6.54 Å². The molecule has 0 saturated carbocycles. The molecule has 0 aliphatic rings. The van der Waals surface area contributed by atoms with Gasteiger partial charge in [0.15, 0.2) is 0 Å². The molecule has 11 nitrogen and oxygen atoms in total. The van der Waals surface area contributed by atoms with Crippen LogP contribution in [0.15, 0.2) is 103 Å². The maximum atomic E-state index is 13.7. The number of hydrogen-bond donors (Lipinski definition) is 5. The van der Waals surface area contributed by atoms with Gasteiger partial charge in [-0.05, 0) is 46.7 Å². The van der Waals surface area contributed by atoms with Crippen LogP contribution in [-0.2, 0) is 35.2 Å². The fourth-order valence-electron chi connectivity index (χ4n) is 5.64. The van der Waals surface area contributed by atoms with Crippen molar-refractivity contribution in [1.82, 2.24) is 21.3 Å². The van der Waals surface area contributed by atoms with Gasteiger partial charge in [0.25, 0.3) is 5.91 Å². The lowest BCUT2D eigenvalue weighted by molar-refractivity contribution is -0.140. The summed E-state index contributed by atoms with van der Waals surface area (Å²) in [5.74, 6) is -5.26. The zero-order chi connectivity index (χ0) is 36.2. The van der Waals surface area contributed by atoms with E-state index >= 15 is 0 Å². The standard InChI is InChI=1S/C39H43N5O6/c1-24(2)20-32(44-38(49)34(28-13-6-4-7-14-28)29-15-8-5-9-16-29)37(48)42-25(3)35(46)39(50)41-23-33(45)43-31(36(40)47)22-26-18-19-27-12-10-11-17-30(27)21-26/h4-19,21,24-25,31-32,34H,20,22-23H2,1-3H3,(H2,40,47)(H,41,50)(H,42,48)(H,43,45)(H,44,49)/t25?,31-,32-/m0/s1. The third-order valence-corrected chi connectivity index (χ3v) is 8.19. The van der Waals surface area contributed by atoms with E-state index < -0.39 is 60.0 Å². The number of nitrogens with one attached hydrogen (secondary N) is 4. The molecule has 4 rings (SSSR count). The number of primary amides is 1. The van der Waals surface area contributed by atoms with Crippen molar-refractivity contribution in [2.45, 2.75) is 57.7 Å². The Labute approximate surface area is 291 Å². The first-order valence-corrected chi connectivity index (χ1v) is 16.5. The van der Waals surface area contributed by atoms with Crippen LogP contribution in [0.3, 0.4) is 0 Å². The molecule has 0 aromatic heterocycles. The van der Waals surface area contributed by atoms with Crippen LogP contribution in [0.5, 0.6) is 0 Å². The fraction of sp³-hybridized carbons (Fsp3) is 0.282. The predicted molar refractivity (Wildman–Crippen MR) is 191 cm³/mol. The van der Waals surface area contributed by atoms with Gasteiger partial charge in [-0.2, -0.15) is 0 Å². The van der Waals surface area contributed by atoms with Crippen LogP contribution < -0.4 is 27.0 Å². The Morgan fingerprint density at radius 3 is 1.80 bits per heavy atom. The first-order valence-electron chi connectivity index (χ1n) is 16.5. The Bertz CT molecular complexity index is 1790. The highest BCUT2D eigenvalue weighted by atomic mass is 16.2. The third kappa shape index (κ3) is 10.3. The normalized spacial score (nSPS) is 12.8. The van der Waals surface area contributed by atoms with E-state index in [4.69, 9.17) is 5.73 Å². The van der Waals surface area contributed by atoms with Crippen LogP contribution in [-0.4, -0.2) is 60.0 Å². The molecule has 0 fully saturated rings. The van der Waals surface area contributed by atoms with Crippen LogP contribution in [0, 0.1) is 5.92 Å². The molecule has 0 saturated heterocycles. The lowest BCUT2D eigenvalue weighted by Gasteiger charge is -2.25. The first-order chi connectivity index (χ1) is 23.9. The van der Waals surface area contributed by atoms with Crippen molar-refractivity contribution < 1.29 is 28.8 Å². The van der Waals surface area contributed by atoms with Gasteiger partial charge in [-0.1, -0.05) is 117 Å². The molecule has 6 N–H and O–H groups in total. The quantitative estimate of drug-likeness (QED) is 0.114. The number of nitrogens with two attached hydrogens (primary N) is 1. The van der Waals surface area contributed by atoms with Gasteiger partial charge in [-0.25, -0.2) is 0 Å². The largest absolute Gasteiger partial charge is 0.368 e. The summed E-state index contributed by atoms with van der Waals surface area (Å²) in [6.45, 7) is 4.54. The van der Waals surface area contributed by atoms with Crippen LogP contribution in [0.25, 0.3) is 10.8 Å². The average Bonchev–Trinajstić information content (AvgIpc) is 3.10. The number of ketones is 1. The minimum atomic E-state index is -1.26. The molecule has 0 aliphatic heterocycles. The number of Topliss-reactive ketones (excluding diaryl/α,β-unsaturated/α-hetero) is 1. The molecule has 0 aliphatic carbocycles. The first kappa shape index (κ1) is 37.0. The highest BCUT2D eigenvalue weighted by Crippen LogP contribution is 2.25. The molecule has 0 radical (unpaired) electrons. The fourth-order valence-corrected chi connectivity index (χ4v) is 5.64. The topological polar surface area (TPSA) is 177 Å². The summed E-state index contributed by atoms with van der Waals surface area (Å²) in [7, 11) is 0. The zero-order valence-corrected chi connectivity index (χ0v) is 28.3. The molecule has 5 amide bonds. The molecule has 0 spiro atoms. The molecule has 3 atom stereocenters.